The van der Waals surface area contributed by atoms with Gasteiger partial charge in [0.15, 0.2) is 0 Å². The summed E-state index contributed by atoms with van der Waals surface area (Å²) in [6, 6.07) is 4.88. The van der Waals surface area contributed by atoms with Crippen LogP contribution in [0.1, 0.15) is 18.1 Å². The Bertz CT molecular complexity index is 503. The van der Waals surface area contributed by atoms with Crippen molar-refractivity contribution in [2.75, 3.05) is 5.32 Å². The standard InChI is InChI=1S/C11H9ClN2O2/c1-6(2)8-3-7(5-13)4-9(10(8)12)14-11(15)16/h3-4,14H,1H2,2H3,(H,15,16). The number of anilines is 1. The van der Waals surface area contributed by atoms with Crippen LogP contribution in [0.15, 0.2) is 18.7 Å². The van der Waals surface area contributed by atoms with Crippen LogP contribution in [0.5, 0.6) is 0 Å². The first kappa shape index (κ1) is 12.1. The lowest BCUT2D eigenvalue weighted by Crippen LogP contribution is -2.08. The van der Waals surface area contributed by atoms with E-state index in [2.05, 4.69) is 11.9 Å². The highest BCUT2D eigenvalue weighted by molar-refractivity contribution is 6.35. The molecule has 0 aromatic heterocycles. The lowest BCUT2D eigenvalue weighted by atomic mass is 10.0. The molecule has 0 saturated carbocycles. The van der Waals surface area contributed by atoms with E-state index in [9.17, 15) is 4.79 Å². The number of allylic oxidation sites excluding steroid dienone is 1. The van der Waals surface area contributed by atoms with Gasteiger partial charge in [0.05, 0.1) is 22.3 Å². The Labute approximate surface area is 97.8 Å². The van der Waals surface area contributed by atoms with Gasteiger partial charge in [-0.15, -0.1) is 0 Å². The van der Waals surface area contributed by atoms with E-state index in [4.69, 9.17) is 22.0 Å². The number of nitrogens with one attached hydrogen (secondary N) is 1. The van der Waals surface area contributed by atoms with Crippen molar-refractivity contribution in [1.82, 2.24) is 0 Å². The first-order valence-electron chi connectivity index (χ1n) is 4.35. The smallest absolute Gasteiger partial charge is 0.409 e. The van der Waals surface area contributed by atoms with E-state index >= 15 is 0 Å². The van der Waals surface area contributed by atoms with Crippen molar-refractivity contribution in [3.8, 4) is 6.07 Å². The van der Waals surface area contributed by atoms with Crippen molar-refractivity contribution in [2.24, 2.45) is 0 Å². The molecule has 1 aromatic rings. The van der Waals surface area contributed by atoms with Crippen molar-refractivity contribution >= 4 is 29.0 Å². The van der Waals surface area contributed by atoms with Gasteiger partial charge in [-0.2, -0.15) is 5.26 Å². The quantitative estimate of drug-likeness (QED) is 0.827. The number of benzene rings is 1. The summed E-state index contributed by atoms with van der Waals surface area (Å²) < 4.78 is 0. The average Bonchev–Trinajstić information content (AvgIpc) is 2.19. The number of hydrogen-bond donors (Lipinski definition) is 2. The van der Waals surface area contributed by atoms with Crippen LogP contribution in [-0.2, 0) is 0 Å². The van der Waals surface area contributed by atoms with Gasteiger partial charge in [-0.3, -0.25) is 5.32 Å². The molecule has 0 unspecified atom stereocenters. The normalized spacial score (nSPS) is 9.31. The minimum Gasteiger partial charge on any atom is -0.465 e. The summed E-state index contributed by atoms with van der Waals surface area (Å²) in [5.74, 6) is 0. The van der Waals surface area contributed by atoms with Crippen LogP contribution in [0.25, 0.3) is 5.57 Å². The topological polar surface area (TPSA) is 73.1 Å². The van der Waals surface area contributed by atoms with Crippen LogP contribution in [0.3, 0.4) is 0 Å². The molecule has 0 saturated heterocycles. The molecule has 1 aromatic carbocycles. The lowest BCUT2D eigenvalue weighted by molar-refractivity contribution is 0.210. The highest BCUT2D eigenvalue weighted by Crippen LogP contribution is 2.31. The SMILES string of the molecule is C=C(C)c1cc(C#N)cc(NC(=O)O)c1Cl. The summed E-state index contributed by atoms with van der Waals surface area (Å²) >= 11 is 5.98. The minimum atomic E-state index is -1.23. The lowest BCUT2D eigenvalue weighted by Gasteiger charge is -2.09. The molecule has 4 nitrogen and oxygen atoms in total. The fourth-order valence-electron chi connectivity index (χ4n) is 1.21. The number of nitriles is 1. The number of carbonyl (C=O) groups is 1. The Hall–Kier alpha value is -1.99. The van der Waals surface area contributed by atoms with Crippen molar-refractivity contribution < 1.29 is 9.90 Å². The summed E-state index contributed by atoms with van der Waals surface area (Å²) in [5.41, 5.74) is 1.73. The first-order chi connectivity index (χ1) is 7.45. The Kier molecular flexibility index (Phi) is 3.54. The number of hydrogen-bond acceptors (Lipinski definition) is 2. The average molecular weight is 237 g/mol. The van der Waals surface area contributed by atoms with Gasteiger partial charge in [0.1, 0.15) is 0 Å². The highest BCUT2D eigenvalue weighted by atomic mass is 35.5. The van der Waals surface area contributed by atoms with Crippen LogP contribution >= 0.6 is 11.6 Å². The second kappa shape index (κ2) is 4.69. The number of rotatable bonds is 2. The van der Waals surface area contributed by atoms with Gasteiger partial charge in [0, 0.05) is 0 Å². The molecule has 0 radical (unpaired) electrons. The molecule has 0 spiro atoms. The Morgan fingerprint density at radius 1 is 1.62 bits per heavy atom. The van der Waals surface area contributed by atoms with Crippen LogP contribution < -0.4 is 5.32 Å². The largest absolute Gasteiger partial charge is 0.465 e. The molecule has 0 aliphatic carbocycles. The van der Waals surface area contributed by atoms with E-state index in [0.717, 1.165) is 0 Å². The molecule has 0 fully saturated rings. The first-order valence-corrected chi connectivity index (χ1v) is 4.73. The molecule has 0 aliphatic heterocycles. The van der Waals surface area contributed by atoms with Crippen molar-refractivity contribution in [3.05, 3.63) is 34.9 Å². The monoisotopic (exact) mass is 236 g/mol. The molecular formula is C11H9ClN2O2. The molecule has 0 atom stereocenters. The molecular weight excluding hydrogens is 228 g/mol. The summed E-state index contributed by atoms with van der Waals surface area (Å²) in [6.07, 6.45) is -1.23. The van der Waals surface area contributed by atoms with Crippen LogP contribution in [0, 0.1) is 11.3 Å². The third-order valence-corrected chi connectivity index (χ3v) is 2.31. The summed E-state index contributed by atoms with van der Waals surface area (Å²) in [5, 5.41) is 19.8. The molecule has 0 heterocycles. The molecule has 5 heteroatoms. The fourth-order valence-corrected chi connectivity index (χ4v) is 1.52. The third-order valence-electron chi connectivity index (χ3n) is 1.90. The van der Waals surface area contributed by atoms with Gasteiger partial charge >= 0.3 is 6.09 Å². The fraction of sp³-hybridized carbons (Fsp3) is 0.0909. The van der Waals surface area contributed by atoms with E-state index in [1.165, 1.54) is 6.07 Å². The van der Waals surface area contributed by atoms with E-state index < -0.39 is 6.09 Å². The molecule has 82 valence electrons. The second-order valence-electron chi connectivity index (χ2n) is 3.21. The second-order valence-corrected chi connectivity index (χ2v) is 3.59. The van der Waals surface area contributed by atoms with Crippen molar-refractivity contribution in [2.45, 2.75) is 6.92 Å². The molecule has 0 aliphatic rings. The van der Waals surface area contributed by atoms with E-state index in [-0.39, 0.29) is 10.7 Å². The molecule has 1 amide bonds. The van der Waals surface area contributed by atoms with Crippen molar-refractivity contribution in [1.29, 1.82) is 5.26 Å². The molecule has 2 N–H and O–H groups in total. The maximum atomic E-state index is 10.5. The van der Waals surface area contributed by atoms with Crippen LogP contribution in [-0.4, -0.2) is 11.2 Å². The van der Waals surface area contributed by atoms with Crippen LogP contribution in [0.4, 0.5) is 10.5 Å². The van der Waals surface area contributed by atoms with Crippen LogP contribution in [0.2, 0.25) is 5.02 Å². The predicted molar refractivity (Wildman–Crippen MR) is 62.5 cm³/mol. The summed E-state index contributed by atoms with van der Waals surface area (Å²) in [4.78, 5) is 10.5. The predicted octanol–water partition coefficient (Wildman–Crippen LogP) is 3.33. The zero-order valence-corrected chi connectivity index (χ0v) is 9.30. The molecule has 1 rings (SSSR count). The van der Waals surface area contributed by atoms with Gasteiger partial charge in [-0.1, -0.05) is 18.2 Å². The molecule has 16 heavy (non-hydrogen) atoms. The molecule has 0 bridgehead atoms. The Morgan fingerprint density at radius 2 is 2.25 bits per heavy atom. The van der Waals surface area contributed by atoms with Gasteiger partial charge in [-0.05, 0) is 30.2 Å². The maximum Gasteiger partial charge on any atom is 0.409 e. The van der Waals surface area contributed by atoms with Gasteiger partial charge < -0.3 is 5.11 Å². The summed E-state index contributed by atoms with van der Waals surface area (Å²) in [6.45, 7) is 5.44. The minimum absolute atomic E-state index is 0.186. The van der Waals surface area contributed by atoms with E-state index in [1.54, 1.807) is 13.0 Å². The number of halogens is 1. The highest BCUT2D eigenvalue weighted by Gasteiger charge is 2.11. The van der Waals surface area contributed by atoms with E-state index in [1.807, 2.05) is 6.07 Å². The number of nitrogens with zero attached hydrogens (tertiary/aromatic N) is 1. The Morgan fingerprint density at radius 3 is 2.69 bits per heavy atom. The maximum absolute atomic E-state index is 10.5. The van der Waals surface area contributed by atoms with Gasteiger partial charge in [0.25, 0.3) is 0 Å². The van der Waals surface area contributed by atoms with Crippen molar-refractivity contribution in [3.63, 3.8) is 0 Å². The van der Waals surface area contributed by atoms with E-state index in [0.29, 0.717) is 16.7 Å². The zero-order chi connectivity index (χ0) is 12.3. The van der Waals surface area contributed by atoms with Gasteiger partial charge in [-0.25, -0.2) is 4.79 Å². The Balaban J connectivity index is 3.38. The zero-order valence-electron chi connectivity index (χ0n) is 8.54. The third kappa shape index (κ3) is 2.53. The number of amides is 1. The summed E-state index contributed by atoms with van der Waals surface area (Å²) in [7, 11) is 0. The number of carboxylic acid groups (broad SMARTS) is 1. The van der Waals surface area contributed by atoms with Gasteiger partial charge in [0.2, 0.25) is 0 Å².